The molecule has 1 amide bonds. The van der Waals surface area contributed by atoms with Crippen molar-refractivity contribution in [2.45, 2.75) is 51.5 Å². The molecule has 1 saturated carbocycles. The molecule has 5 nitrogen and oxygen atoms in total. The van der Waals surface area contributed by atoms with Gasteiger partial charge >= 0.3 is 0 Å². The third kappa shape index (κ3) is 3.70. The summed E-state index contributed by atoms with van der Waals surface area (Å²) < 4.78 is 0. The van der Waals surface area contributed by atoms with Crippen molar-refractivity contribution in [3.63, 3.8) is 0 Å². The summed E-state index contributed by atoms with van der Waals surface area (Å²) in [7, 11) is 0. The van der Waals surface area contributed by atoms with Crippen LogP contribution in [0.25, 0.3) is 0 Å². The Morgan fingerprint density at radius 3 is 2.85 bits per heavy atom. The average Bonchev–Trinajstić information content (AvgIpc) is 2.53. The quantitative estimate of drug-likeness (QED) is 0.570. The van der Waals surface area contributed by atoms with E-state index in [2.05, 4.69) is 22.7 Å². The second kappa shape index (κ2) is 7.24. The summed E-state index contributed by atoms with van der Waals surface area (Å²) >= 11 is 0. The molecule has 0 bridgehead atoms. The lowest BCUT2D eigenvalue weighted by atomic mass is 9.83. The maximum absolute atomic E-state index is 12.3. The number of carbonyl (C=O) groups is 1. The normalized spacial score (nSPS) is 17.5. The fourth-order valence-electron chi connectivity index (χ4n) is 2.98. The van der Waals surface area contributed by atoms with Crippen molar-refractivity contribution in [1.82, 2.24) is 10.3 Å². The van der Waals surface area contributed by atoms with Crippen LogP contribution in [0, 0.1) is 5.92 Å². The van der Waals surface area contributed by atoms with Gasteiger partial charge in [-0.3, -0.25) is 15.6 Å². The molecule has 0 saturated heterocycles. The van der Waals surface area contributed by atoms with Gasteiger partial charge in [-0.15, -0.1) is 0 Å². The molecular formula is C15H24N4O. The van der Waals surface area contributed by atoms with Crippen molar-refractivity contribution in [2.75, 3.05) is 5.43 Å². The van der Waals surface area contributed by atoms with Gasteiger partial charge in [0, 0.05) is 12.2 Å². The minimum Gasteiger partial charge on any atom is -0.348 e. The monoisotopic (exact) mass is 276 g/mol. The van der Waals surface area contributed by atoms with Gasteiger partial charge in [0.15, 0.2) is 0 Å². The fraction of sp³-hybridized carbons (Fsp3) is 0.600. The first kappa shape index (κ1) is 14.8. The van der Waals surface area contributed by atoms with Crippen LogP contribution in [0.4, 0.5) is 5.69 Å². The molecule has 110 valence electrons. The van der Waals surface area contributed by atoms with E-state index in [1.165, 1.54) is 32.1 Å². The lowest BCUT2D eigenvalue weighted by molar-refractivity contribution is 0.0906. The van der Waals surface area contributed by atoms with E-state index in [0.29, 0.717) is 17.3 Å². The highest BCUT2D eigenvalue weighted by molar-refractivity contribution is 5.93. The van der Waals surface area contributed by atoms with Crippen molar-refractivity contribution >= 4 is 11.6 Å². The second-order valence-electron chi connectivity index (χ2n) is 5.46. The molecule has 1 aromatic rings. The van der Waals surface area contributed by atoms with E-state index in [4.69, 9.17) is 5.84 Å². The Labute approximate surface area is 120 Å². The number of hydrogen-bond donors (Lipinski definition) is 3. The van der Waals surface area contributed by atoms with Gasteiger partial charge < -0.3 is 10.7 Å². The molecule has 2 rings (SSSR count). The number of nitrogens with one attached hydrogen (secondary N) is 2. The SMILES string of the molecule is CCC(NC(=O)c1cc(NN)ccn1)C1CCCCC1. The van der Waals surface area contributed by atoms with Crippen LogP contribution in [0.1, 0.15) is 55.9 Å². The minimum absolute atomic E-state index is 0.112. The van der Waals surface area contributed by atoms with Crippen LogP contribution in [-0.2, 0) is 0 Å². The zero-order valence-corrected chi connectivity index (χ0v) is 12.1. The summed E-state index contributed by atoms with van der Waals surface area (Å²) in [4.78, 5) is 16.4. The van der Waals surface area contributed by atoms with Crippen LogP contribution < -0.4 is 16.6 Å². The van der Waals surface area contributed by atoms with Crippen LogP contribution >= 0.6 is 0 Å². The smallest absolute Gasteiger partial charge is 0.270 e. The van der Waals surface area contributed by atoms with Gasteiger partial charge in [-0.2, -0.15) is 0 Å². The zero-order chi connectivity index (χ0) is 14.4. The van der Waals surface area contributed by atoms with Crippen molar-refractivity contribution in [3.8, 4) is 0 Å². The summed E-state index contributed by atoms with van der Waals surface area (Å²) in [6, 6.07) is 3.65. The number of hydrogen-bond acceptors (Lipinski definition) is 4. The Balaban J connectivity index is 2.00. The maximum atomic E-state index is 12.3. The summed E-state index contributed by atoms with van der Waals surface area (Å²) in [5, 5.41) is 3.13. The minimum atomic E-state index is -0.112. The molecule has 5 heteroatoms. The predicted octanol–water partition coefficient (Wildman–Crippen LogP) is 2.46. The molecule has 0 aliphatic heterocycles. The highest BCUT2D eigenvalue weighted by atomic mass is 16.1. The first-order valence-electron chi connectivity index (χ1n) is 7.48. The van der Waals surface area contributed by atoms with Crippen LogP contribution in [0.15, 0.2) is 18.3 Å². The summed E-state index contributed by atoms with van der Waals surface area (Å²) in [5.41, 5.74) is 3.64. The second-order valence-corrected chi connectivity index (χ2v) is 5.46. The molecule has 20 heavy (non-hydrogen) atoms. The third-order valence-electron chi connectivity index (χ3n) is 4.13. The molecule has 0 radical (unpaired) electrons. The summed E-state index contributed by atoms with van der Waals surface area (Å²) in [6.07, 6.45) is 8.88. The number of nitrogens with two attached hydrogens (primary N) is 1. The number of rotatable bonds is 5. The van der Waals surface area contributed by atoms with Gasteiger partial charge in [-0.1, -0.05) is 26.2 Å². The fourth-order valence-corrected chi connectivity index (χ4v) is 2.98. The Morgan fingerprint density at radius 2 is 2.20 bits per heavy atom. The lowest BCUT2D eigenvalue weighted by Crippen LogP contribution is -2.41. The molecular weight excluding hydrogens is 252 g/mol. The van der Waals surface area contributed by atoms with Gasteiger partial charge in [0.25, 0.3) is 5.91 Å². The number of amides is 1. The topological polar surface area (TPSA) is 80.0 Å². The largest absolute Gasteiger partial charge is 0.348 e. The van der Waals surface area contributed by atoms with E-state index in [-0.39, 0.29) is 11.9 Å². The van der Waals surface area contributed by atoms with E-state index in [1.807, 2.05) is 0 Å². The number of anilines is 1. The van der Waals surface area contributed by atoms with Gasteiger partial charge in [0.2, 0.25) is 0 Å². The van der Waals surface area contributed by atoms with E-state index in [0.717, 1.165) is 6.42 Å². The highest BCUT2D eigenvalue weighted by Gasteiger charge is 2.24. The van der Waals surface area contributed by atoms with Crippen molar-refractivity contribution in [3.05, 3.63) is 24.0 Å². The zero-order valence-electron chi connectivity index (χ0n) is 12.1. The Morgan fingerprint density at radius 1 is 1.45 bits per heavy atom. The van der Waals surface area contributed by atoms with Gasteiger partial charge in [-0.25, -0.2) is 0 Å². The lowest BCUT2D eigenvalue weighted by Gasteiger charge is -2.30. The molecule has 1 aromatic heterocycles. The third-order valence-corrected chi connectivity index (χ3v) is 4.13. The van der Waals surface area contributed by atoms with E-state index >= 15 is 0 Å². The first-order valence-corrected chi connectivity index (χ1v) is 7.48. The number of nitrogens with zero attached hydrogens (tertiary/aromatic N) is 1. The highest BCUT2D eigenvalue weighted by Crippen LogP contribution is 2.27. The Bertz CT molecular complexity index is 443. The summed E-state index contributed by atoms with van der Waals surface area (Å²) in [6.45, 7) is 2.13. The van der Waals surface area contributed by atoms with Crippen LogP contribution in [0.5, 0.6) is 0 Å². The molecule has 1 atom stereocenters. The van der Waals surface area contributed by atoms with Crippen LogP contribution in [0.3, 0.4) is 0 Å². The maximum Gasteiger partial charge on any atom is 0.270 e. The van der Waals surface area contributed by atoms with Gasteiger partial charge in [0.1, 0.15) is 5.69 Å². The molecule has 0 spiro atoms. The standard InChI is InChI=1S/C15H24N4O/c1-2-13(11-6-4-3-5-7-11)18-15(20)14-10-12(19-16)8-9-17-14/h8-11,13H,2-7,16H2,1H3,(H,17,19)(H,18,20). The molecule has 4 N–H and O–H groups in total. The number of aromatic nitrogens is 1. The predicted molar refractivity (Wildman–Crippen MR) is 80.2 cm³/mol. The Kier molecular flexibility index (Phi) is 5.35. The molecule has 0 aromatic carbocycles. The number of nitrogen functional groups attached to an aromatic ring is 1. The molecule has 1 fully saturated rings. The number of pyridine rings is 1. The van der Waals surface area contributed by atoms with Gasteiger partial charge in [-0.05, 0) is 37.3 Å². The summed E-state index contributed by atoms with van der Waals surface area (Å²) in [5.74, 6) is 5.85. The van der Waals surface area contributed by atoms with E-state index in [1.54, 1.807) is 18.3 Å². The van der Waals surface area contributed by atoms with Crippen molar-refractivity contribution in [1.29, 1.82) is 0 Å². The van der Waals surface area contributed by atoms with Crippen molar-refractivity contribution in [2.24, 2.45) is 11.8 Å². The molecule has 1 heterocycles. The number of hydrazine groups is 1. The molecule has 1 aliphatic carbocycles. The molecule has 1 unspecified atom stereocenters. The van der Waals surface area contributed by atoms with Crippen LogP contribution in [0.2, 0.25) is 0 Å². The van der Waals surface area contributed by atoms with Crippen LogP contribution in [-0.4, -0.2) is 16.9 Å². The number of carbonyl (C=O) groups excluding carboxylic acids is 1. The van der Waals surface area contributed by atoms with Gasteiger partial charge in [0.05, 0.1) is 5.69 Å². The Hall–Kier alpha value is -1.62. The average molecular weight is 276 g/mol. The molecule has 1 aliphatic rings. The van der Waals surface area contributed by atoms with E-state index in [9.17, 15) is 4.79 Å². The van der Waals surface area contributed by atoms with Crippen molar-refractivity contribution < 1.29 is 4.79 Å². The van der Waals surface area contributed by atoms with E-state index < -0.39 is 0 Å². The first-order chi connectivity index (χ1) is 9.74.